The number of nitrogens with two attached hydrogens (primary N) is 1. The van der Waals surface area contributed by atoms with E-state index in [4.69, 9.17) is 17.3 Å². The minimum Gasteiger partial charge on any atom is -0.384 e. The van der Waals surface area contributed by atoms with Crippen LogP contribution in [-0.4, -0.2) is 18.4 Å². The van der Waals surface area contributed by atoms with E-state index < -0.39 is 39.1 Å². The van der Waals surface area contributed by atoms with Gasteiger partial charge in [-0.2, -0.15) is 13.2 Å². The summed E-state index contributed by atoms with van der Waals surface area (Å²) in [6.07, 6.45) is -3.82. The van der Waals surface area contributed by atoms with Gasteiger partial charge in [0, 0.05) is 11.8 Å². The molecule has 0 spiro atoms. The molecule has 29 heavy (non-hydrogen) atoms. The zero-order valence-corrected chi connectivity index (χ0v) is 15.8. The molecular weight excluding hydrogens is 436 g/mol. The first-order valence-electron chi connectivity index (χ1n) is 7.75. The van der Waals surface area contributed by atoms with E-state index in [9.17, 15) is 26.0 Å². The zero-order chi connectivity index (χ0) is 21.4. The number of alkyl halides is 3. The van der Waals surface area contributed by atoms with Crippen LogP contribution in [0.4, 0.5) is 29.2 Å². The number of pyridine rings is 2. The molecule has 0 aliphatic carbocycles. The van der Waals surface area contributed by atoms with Crippen molar-refractivity contribution in [2.45, 2.75) is 11.1 Å². The molecule has 152 valence electrons. The molecule has 0 amide bonds. The molecule has 2 aromatic heterocycles. The van der Waals surface area contributed by atoms with E-state index in [1.165, 1.54) is 12.1 Å². The summed E-state index contributed by atoms with van der Waals surface area (Å²) in [5.41, 5.74) is 3.37. The molecule has 3 rings (SSSR count). The Labute approximate surface area is 167 Å². The summed E-state index contributed by atoms with van der Waals surface area (Å²) in [6, 6.07) is 6.70. The van der Waals surface area contributed by atoms with Crippen molar-refractivity contribution in [1.82, 2.24) is 9.97 Å². The minimum absolute atomic E-state index is 0.0878. The number of hydrogen-bond acceptors (Lipinski definition) is 5. The van der Waals surface area contributed by atoms with Crippen molar-refractivity contribution in [1.29, 1.82) is 0 Å². The average molecular weight is 447 g/mol. The maximum atomic E-state index is 13.4. The molecule has 0 radical (unpaired) electrons. The molecule has 0 atom stereocenters. The number of nitrogen functional groups attached to an aromatic ring is 1. The van der Waals surface area contributed by atoms with Crippen molar-refractivity contribution in [2.24, 2.45) is 0 Å². The Kier molecular flexibility index (Phi) is 5.37. The van der Waals surface area contributed by atoms with Crippen LogP contribution in [-0.2, 0) is 16.2 Å². The number of nitrogens with zero attached hydrogens (tertiary/aromatic N) is 2. The maximum absolute atomic E-state index is 13.4. The average Bonchev–Trinajstić information content (AvgIpc) is 2.60. The standard InChI is InChI=1S/C17H11ClF4N4O2S/c18-13-7-9(19)1-3-11(13)16-12(17(20,21)22)4-6-15(25-16)26-29(27,28)10-2-5-14(23)24-8-10/h1-8H,(H2,23,24)(H,25,26). The van der Waals surface area contributed by atoms with Crippen LogP contribution in [0.15, 0.2) is 53.6 Å². The number of aromatic nitrogens is 2. The summed E-state index contributed by atoms with van der Waals surface area (Å²) >= 11 is 5.88. The largest absolute Gasteiger partial charge is 0.418 e. The normalized spacial score (nSPS) is 12.0. The second-order valence-electron chi connectivity index (χ2n) is 5.74. The van der Waals surface area contributed by atoms with E-state index in [2.05, 4.69) is 14.7 Å². The molecule has 0 fully saturated rings. The Balaban J connectivity index is 2.09. The van der Waals surface area contributed by atoms with Crippen molar-refractivity contribution in [2.75, 3.05) is 10.5 Å². The third-order valence-electron chi connectivity index (χ3n) is 3.70. The van der Waals surface area contributed by atoms with Gasteiger partial charge < -0.3 is 5.73 Å². The van der Waals surface area contributed by atoms with Crippen molar-refractivity contribution in [3.63, 3.8) is 0 Å². The fourth-order valence-corrected chi connectivity index (χ4v) is 3.58. The SMILES string of the molecule is Nc1ccc(S(=O)(=O)Nc2ccc(C(F)(F)F)c(-c3ccc(F)cc3Cl)n2)cn1. The molecule has 0 aliphatic heterocycles. The van der Waals surface area contributed by atoms with Crippen LogP contribution < -0.4 is 10.5 Å². The number of halogens is 5. The van der Waals surface area contributed by atoms with Crippen molar-refractivity contribution >= 4 is 33.3 Å². The van der Waals surface area contributed by atoms with Crippen LogP contribution in [0.3, 0.4) is 0 Å². The first kappa shape index (κ1) is 20.8. The van der Waals surface area contributed by atoms with Gasteiger partial charge in [-0.25, -0.2) is 22.8 Å². The van der Waals surface area contributed by atoms with Crippen molar-refractivity contribution in [3.05, 3.63) is 65.1 Å². The molecule has 3 N–H and O–H groups in total. The molecule has 12 heteroatoms. The first-order valence-corrected chi connectivity index (χ1v) is 9.61. The number of benzene rings is 1. The summed E-state index contributed by atoms with van der Waals surface area (Å²) in [5, 5.41) is -0.314. The number of anilines is 2. The number of sulfonamides is 1. The summed E-state index contributed by atoms with van der Waals surface area (Å²) < 4.78 is 80.4. The quantitative estimate of drug-likeness (QED) is 0.581. The van der Waals surface area contributed by atoms with Gasteiger partial charge in [0.2, 0.25) is 0 Å². The second kappa shape index (κ2) is 7.48. The number of hydrogen-bond donors (Lipinski definition) is 2. The van der Waals surface area contributed by atoms with Gasteiger partial charge in [-0.15, -0.1) is 0 Å². The highest BCUT2D eigenvalue weighted by molar-refractivity contribution is 7.92. The van der Waals surface area contributed by atoms with E-state index in [-0.39, 0.29) is 21.3 Å². The Morgan fingerprint density at radius 1 is 1.07 bits per heavy atom. The van der Waals surface area contributed by atoms with E-state index in [1.54, 1.807) is 0 Å². The molecule has 0 saturated heterocycles. The third kappa shape index (κ3) is 4.57. The summed E-state index contributed by atoms with van der Waals surface area (Å²) in [5.74, 6) is -1.06. The predicted octanol–water partition coefficient (Wildman–Crippen LogP) is 4.34. The Morgan fingerprint density at radius 2 is 1.79 bits per heavy atom. The zero-order valence-electron chi connectivity index (χ0n) is 14.2. The smallest absolute Gasteiger partial charge is 0.384 e. The predicted molar refractivity (Wildman–Crippen MR) is 99.1 cm³/mol. The molecule has 0 unspecified atom stereocenters. The van der Waals surface area contributed by atoms with E-state index in [0.717, 1.165) is 30.5 Å². The van der Waals surface area contributed by atoms with Gasteiger partial charge in [-0.1, -0.05) is 11.6 Å². The van der Waals surface area contributed by atoms with Crippen LogP contribution in [0, 0.1) is 5.82 Å². The van der Waals surface area contributed by atoms with Crippen LogP contribution in [0.2, 0.25) is 5.02 Å². The Hall–Kier alpha value is -2.92. The fraction of sp³-hybridized carbons (Fsp3) is 0.0588. The lowest BCUT2D eigenvalue weighted by molar-refractivity contribution is -0.137. The first-order chi connectivity index (χ1) is 13.5. The van der Waals surface area contributed by atoms with Gasteiger partial charge >= 0.3 is 6.18 Å². The lowest BCUT2D eigenvalue weighted by Gasteiger charge is -2.15. The maximum Gasteiger partial charge on any atom is 0.418 e. The van der Waals surface area contributed by atoms with Gasteiger partial charge in [0.25, 0.3) is 10.0 Å². The van der Waals surface area contributed by atoms with Crippen LogP contribution in [0.5, 0.6) is 0 Å². The van der Waals surface area contributed by atoms with Crippen molar-refractivity contribution < 1.29 is 26.0 Å². The molecule has 0 aliphatic rings. The van der Waals surface area contributed by atoms with Gasteiger partial charge in [0.05, 0.1) is 16.3 Å². The topological polar surface area (TPSA) is 98.0 Å². The molecule has 3 aromatic rings. The summed E-state index contributed by atoms with van der Waals surface area (Å²) in [4.78, 5) is 7.15. The highest BCUT2D eigenvalue weighted by atomic mass is 35.5. The molecule has 0 saturated carbocycles. The molecule has 6 nitrogen and oxygen atoms in total. The van der Waals surface area contributed by atoms with E-state index in [1.807, 2.05) is 0 Å². The van der Waals surface area contributed by atoms with E-state index in [0.29, 0.717) is 6.07 Å². The molecular formula is C17H11ClF4N4O2S. The van der Waals surface area contributed by atoms with Crippen molar-refractivity contribution in [3.8, 4) is 11.3 Å². The van der Waals surface area contributed by atoms with Gasteiger partial charge in [-0.3, -0.25) is 4.72 Å². The second-order valence-corrected chi connectivity index (χ2v) is 7.83. The van der Waals surface area contributed by atoms with Crippen LogP contribution in [0.1, 0.15) is 5.56 Å². The monoisotopic (exact) mass is 446 g/mol. The summed E-state index contributed by atoms with van der Waals surface area (Å²) in [6.45, 7) is 0. The fourth-order valence-electron chi connectivity index (χ4n) is 2.38. The number of rotatable bonds is 4. The Morgan fingerprint density at radius 3 is 2.38 bits per heavy atom. The lowest BCUT2D eigenvalue weighted by Crippen LogP contribution is -2.16. The summed E-state index contributed by atoms with van der Waals surface area (Å²) in [7, 11) is -4.20. The third-order valence-corrected chi connectivity index (χ3v) is 5.35. The van der Waals surface area contributed by atoms with Gasteiger partial charge in [-0.05, 0) is 42.5 Å². The van der Waals surface area contributed by atoms with E-state index >= 15 is 0 Å². The Bertz CT molecular complexity index is 1170. The lowest BCUT2D eigenvalue weighted by atomic mass is 10.1. The number of nitrogens with one attached hydrogen (secondary N) is 1. The van der Waals surface area contributed by atoms with Gasteiger partial charge in [0.15, 0.2) is 0 Å². The highest BCUT2D eigenvalue weighted by Crippen LogP contribution is 2.39. The van der Waals surface area contributed by atoms with Gasteiger partial charge in [0.1, 0.15) is 22.3 Å². The molecule has 0 bridgehead atoms. The highest BCUT2D eigenvalue weighted by Gasteiger charge is 2.35. The van der Waals surface area contributed by atoms with Crippen LogP contribution in [0.25, 0.3) is 11.3 Å². The molecule has 2 heterocycles. The molecule has 1 aromatic carbocycles. The van der Waals surface area contributed by atoms with Crippen LogP contribution >= 0.6 is 11.6 Å². The minimum atomic E-state index is -4.81.